The average Bonchev–Trinajstić information content (AvgIpc) is 2.90. The molecule has 0 saturated heterocycles. The molecule has 0 fully saturated rings. The third kappa shape index (κ3) is 3.30. The van der Waals surface area contributed by atoms with Crippen molar-refractivity contribution in [3.05, 3.63) is 41.9 Å². The average molecular weight is 262 g/mol. The third-order valence-corrected chi connectivity index (χ3v) is 3.04. The Bertz CT molecular complexity index is 485. The molecule has 0 unspecified atom stereocenters. The fraction of sp³-hybridized carbons (Fsp3) is 0.231. The summed E-state index contributed by atoms with van der Waals surface area (Å²) in [6, 6.07) is 9.32. The molecule has 1 aromatic carbocycles. The number of anilines is 1. The number of hydrogen-bond acceptors (Lipinski definition) is 4. The molecule has 2 rings (SSSR count). The molecule has 0 aliphatic rings. The summed E-state index contributed by atoms with van der Waals surface area (Å²) in [6.45, 7) is 1.91. The van der Waals surface area contributed by atoms with Gasteiger partial charge in [-0.3, -0.25) is 10.1 Å². The number of carbonyl (C=O) groups is 1. The van der Waals surface area contributed by atoms with Gasteiger partial charge in [0.25, 0.3) is 5.91 Å². The number of amides is 1. The van der Waals surface area contributed by atoms with Gasteiger partial charge in [0.1, 0.15) is 5.75 Å². The van der Waals surface area contributed by atoms with Gasteiger partial charge in [0.05, 0.1) is 0 Å². The first-order chi connectivity index (χ1) is 8.79. The van der Waals surface area contributed by atoms with Crippen molar-refractivity contribution in [3.63, 3.8) is 0 Å². The zero-order valence-electron chi connectivity index (χ0n) is 10.00. The molecule has 0 bridgehead atoms. The Morgan fingerprint density at radius 1 is 1.44 bits per heavy atom. The number of para-hydroxylation sites is 1. The second-order valence-corrected chi connectivity index (χ2v) is 4.55. The maximum absolute atomic E-state index is 12.0. The molecule has 1 aromatic heterocycles. The van der Waals surface area contributed by atoms with Crippen LogP contribution in [0, 0.1) is 0 Å². The van der Waals surface area contributed by atoms with Crippen LogP contribution in [-0.2, 0) is 4.79 Å². The van der Waals surface area contributed by atoms with Crippen LogP contribution in [0.3, 0.4) is 0 Å². The van der Waals surface area contributed by atoms with Gasteiger partial charge >= 0.3 is 0 Å². The number of nitrogens with zero attached hydrogens (tertiary/aromatic N) is 1. The molecule has 4 nitrogen and oxygen atoms in total. The lowest BCUT2D eigenvalue weighted by Crippen LogP contribution is -2.32. The standard InChI is InChI=1S/C13H14N2O2S/c1-2-11(17-10-6-4-3-5-7-10)12(16)15-13-14-8-9-18-13/h3-9,11H,2H2,1H3,(H,14,15,16)/t11-/m0/s1. The highest BCUT2D eigenvalue weighted by molar-refractivity contribution is 7.13. The summed E-state index contributed by atoms with van der Waals surface area (Å²) in [4.78, 5) is 16.0. The molecule has 1 N–H and O–H groups in total. The highest BCUT2D eigenvalue weighted by atomic mass is 32.1. The van der Waals surface area contributed by atoms with Crippen molar-refractivity contribution in [1.29, 1.82) is 0 Å². The van der Waals surface area contributed by atoms with Crippen LogP contribution in [0.5, 0.6) is 5.75 Å². The number of thiazole rings is 1. The zero-order chi connectivity index (χ0) is 12.8. The summed E-state index contributed by atoms with van der Waals surface area (Å²) in [5.41, 5.74) is 0. The maximum atomic E-state index is 12.0. The van der Waals surface area contributed by atoms with Crippen LogP contribution < -0.4 is 10.1 Å². The normalized spacial score (nSPS) is 11.8. The van der Waals surface area contributed by atoms with Crippen LogP contribution in [0.4, 0.5) is 5.13 Å². The summed E-state index contributed by atoms with van der Waals surface area (Å²) in [5, 5.41) is 5.14. The molecule has 0 aliphatic heterocycles. The lowest BCUT2D eigenvalue weighted by molar-refractivity contribution is -0.122. The summed E-state index contributed by atoms with van der Waals surface area (Å²) < 4.78 is 5.64. The van der Waals surface area contributed by atoms with Crippen LogP contribution in [0.15, 0.2) is 41.9 Å². The van der Waals surface area contributed by atoms with Crippen LogP contribution in [0.1, 0.15) is 13.3 Å². The molecule has 2 aromatic rings. The molecule has 94 valence electrons. The Hall–Kier alpha value is -1.88. The minimum Gasteiger partial charge on any atom is -0.481 e. The number of ether oxygens (including phenoxy) is 1. The van der Waals surface area contributed by atoms with Gasteiger partial charge in [-0.15, -0.1) is 11.3 Å². The summed E-state index contributed by atoms with van der Waals surface area (Å²) >= 11 is 1.39. The lowest BCUT2D eigenvalue weighted by atomic mass is 10.2. The Labute approximate surface area is 110 Å². The first-order valence-corrected chi connectivity index (χ1v) is 6.59. The van der Waals surface area contributed by atoms with Gasteiger partial charge < -0.3 is 4.74 Å². The topological polar surface area (TPSA) is 51.2 Å². The monoisotopic (exact) mass is 262 g/mol. The lowest BCUT2D eigenvalue weighted by Gasteiger charge is -2.16. The van der Waals surface area contributed by atoms with Crippen molar-refractivity contribution in [2.24, 2.45) is 0 Å². The molecule has 1 amide bonds. The van der Waals surface area contributed by atoms with Crippen LogP contribution in [0.25, 0.3) is 0 Å². The van der Waals surface area contributed by atoms with Crippen molar-refractivity contribution < 1.29 is 9.53 Å². The number of nitrogens with one attached hydrogen (secondary N) is 1. The minimum absolute atomic E-state index is 0.170. The van der Waals surface area contributed by atoms with E-state index in [1.54, 1.807) is 6.20 Å². The van der Waals surface area contributed by atoms with Crippen molar-refractivity contribution in [2.45, 2.75) is 19.4 Å². The Kier molecular flexibility index (Phi) is 4.30. The van der Waals surface area contributed by atoms with E-state index in [0.29, 0.717) is 17.3 Å². The molecular formula is C13H14N2O2S. The molecular weight excluding hydrogens is 248 g/mol. The third-order valence-electron chi connectivity index (χ3n) is 2.35. The number of benzene rings is 1. The predicted molar refractivity (Wildman–Crippen MR) is 71.9 cm³/mol. The van der Waals surface area contributed by atoms with Gasteiger partial charge in [0.15, 0.2) is 11.2 Å². The fourth-order valence-corrected chi connectivity index (χ4v) is 1.99. The van der Waals surface area contributed by atoms with Crippen LogP contribution >= 0.6 is 11.3 Å². The van der Waals surface area contributed by atoms with Gasteiger partial charge in [-0.05, 0) is 18.6 Å². The van der Waals surface area contributed by atoms with Crippen molar-refractivity contribution >= 4 is 22.4 Å². The predicted octanol–water partition coefficient (Wildman–Crippen LogP) is 2.94. The molecule has 5 heteroatoms. The smallest absolute Gasteiger partial charge is 0.267 e. The number of carbonyl (C=O) groups excluding carboxylic acids is 1. The van der Waals surface area contributed by atoms with Crippen LogP contribution in [0.2, 0.25) is 0 Å². The van der Waals surface area contributed by atoms with Crippen molar-refractivity contribution in [1.82, 2.24) is 4.98 Å². The first-order valence-electron chi connectivity index (χ1n) is 5.71. The van der Waals surface area contributed by atoms with Crippen LogP contribution in [-0.4, -0.2) is 17.0 Å². The maximum Gasteiger partial charge on any atom is 0.267 e. The summed E-state index contributed by atoms with van der Waals surface area (Å²) in [6.07, 6.45) is 1.75. The number of hydrogen-bond donors (Lipinski definition) is 1. The van der Waals surface area contributed by atoms with Gasteiger partial charge in [-0.2, -0.15) is 0 Å². The Morgan fingerprint density at radius 2 is 2.22 bits per heavy atom. The van der Waals surface area contributed by atoms with Crippen molar-refractivity contribution in [2.75, 3.05) is 5.32 Å². The van der Waals surface area contributed by atoms with Gasteiger partial charge in [-0.25, -0.2) is 4.98 Å². The first kappa shape index (κ1) is 12.6. The highest BCUT2D eigenvalue weighted by Crippen LogP contribution is 2.15. The van der Waals surface area contributed by atoms with Gasteiger partial charge in [0.2, 0.25) is 0 Å². The largest absolute Gasteiger partial charge is 0.481 e. The molecule has 0 radical (unpaired) electrons. The van der Waals surface area contributed by atoms with E-state index < -0.39 is 6.10 Å². The van der Waals surface area contributed by atoms with Crippen molar-refractivity contribution in [3.8, 4) is 5.75 Å². The molecule has 0 aliphatic carbocycles. The number of aromatic nitrogens is 1. The van der Waals surface area contributed by atoms with E-state index in [1.807, 2.05) is 42.6 Å². The van der Waals surface area contributed by atoms with E-state index in [4.69, 9.17) is 4.74 Å². The van der Waals surface area contributed by atoms with Gasteiger partial charge in [0, 0.05) is 11.6 Å². The molecule has 1 atom stereocenters. The Balaban J connectivity index is 1.98. The molecule has 1 heterocycles. The minimum atomic E-state index is -0.503. The number of rotatable bonds is 5. The van der Waals surface area contributed by atoms with E-state index in [0.717, 1.165) is 0 Å². The highest BCUT2D eigenvalue weighted by Gasteiger charge is 2.19. The summed E-state index contributed by atoms with van der Waals surface area (Å²) in [7, 11) is 0. The fourth-order valence-electron chi connectivity index (χ4n) is 1.46. The second-order valence-electron chi connectivity index (χ2n) is 3.65. The van der Waals surface area contributed by atoms with E-state index in [-0.39, 0.29) is 5.91 Å². The van der Waals surface area contributed by atoms with E-state index >= 15 is 0 Å². The molecule has 0 spiro atoms. The van der Waals surface area contributed by atoms with E-state index in [2.05, 4.69) is 10.3 Å². The van der Waals surface area contributed by atoms with Gasteiger partial charge in [-0.1, -0.05) is 25.1 Å². The SMILES string of the molecule is CC[C@H](Oc1ccccc1)C(=O)Nc1nccs1. The summed E-state index contributed by atoms with van der Waals surface area (Å²) in [5.74, 6) is 0.523. The van der Waals surface area contributed by atoms with E-state index in [1.165, 1.54) is 11.3 Å². The van der Waals surface area contributed by atoms with E-state index in [9.17, 15) is 4.79 Å². The quantitative estimate of drug-likeness (QED) is 0.901. The zero-order valence-corrected chi connectivity index (χ0v) is 10.8. The molecule has 0 saturated carbocycles. The Morgan fingerprint density at radius 3 is 2.83 bits per heavy atom. The molecule has 18 heavy (non-hydrogen) atoms. The second kappa shape index (κ2) is 6.16.